The zero-order valence-electron chi connectivity index (χ0n) is 12.9. The van der Waals surface area contributed by atoms with Gasteiger partial charge in [0.15, 0.2) is 0 Å². The Labute approximate surface area is 123 Å². The summed E-state index contributed by atoms with van der Waals surface area (Å²) in [6, 6.07) is 7.89. The SMILES string of the molecule is CCCCCCC(C)OCCOc1ccc(CN)cc1. The van der Waals surface area contributed by atoms with Crippen LogP contribution in [0.1, 0.15) is 51.5 Å². The van der Waals surface area contributed by atoms with Gasteiger partial charge in [0.1, 0.15) is 12.4 Å². The van der Waals surface area contributed by atoms with E-state index in [9.17, 15) is 0 Å². The maximum absolute atomic E-state index is 5.74. The van der Waals surface area contributed by atoms with Crippen LogP contribution in [0.4, 0.5) is 0 Å². The van der Waals surface area contributed by atoms with Gasteiger partial charge in [0.2, 0.25) is 0 Å². The van der Waals surface area contributed by atoms with E-state index in [1.54, 1.807) is 0 Å². The summed E-state index contributed by atoms with van der Waals surface area (Å²) in [7, 11) is 0. The molecule has 0 aliphatic carbocycles. The van der Waals surface area contributed by atoms with Gasteiger partial charge in [-0.2, -0.15) is 0 Å². The molecule has 0 saturated heterocycles. The molecule has 0 saturated carbocycles. The molecule has 0 aromatic heterocycles. The Balaban J connectivity index is 2.05. The largest absolute Gasteiger partial charge is 0.491 e. The van der Waals surface area contributed by atoms with Gasteiger partial charge >= 0.3 is 0 Å². The second-order valence-electron chi connectivity index (χ2n) is 5.23. The Morgan fingerprint density at radius 2 is 1.80 bits per heavy atom. The fourth-order valence-corrected chi connectivity index (χ4v) is 2.07. The number of hydrogen-bond acceptors (Lipinski definition) is 3. The zero-order chi connectivity index (χ0) is 14.6. The molecular weight excluding hydrogens is 250 g/mol. The number of benzene rings is 1. The van der Waals surface area contributed by atoms with Gasteiger partial charge in [-0.3, -0.25) is 0 Å². The lowest BCUT2D eigenvalue weighted by atomic mass is 10.1. The van der Waals surface area contributed by atoms with E-state index in [0.717, 1.165) is 17.7 Å². The summed E-state index contributed by atoms with van der Waals surface area (Å²) in [6.07, 6.45) is 6.66. The monoisotopic (exact) mass is 279 g/mol. The van der Waals surface area contributed by atoms with Crippen molar-refractivity contribution >= 4 is 0 Å². The van der Waals surface area contributed by atoms with E-state index in [1.807, 2.05) is 24.3 Å². The fraction of sp³-hybridized carbons (Fsp3) is 0.647. The van der Waals surface area contributed by atoms with E-state index < -0.39 is 0 Å². The van der Waals surface area contributed by atoms with Gasteiger partial charge in [0, 0.05) is 6.54 Å². The molecular formula is C17H29NO2. The molecule has 3 nitrogen and oxygen atoms in total. The summed E-state index contributed by atoms with van der Waals surface area (Å²) >= 11 is 0. The minimum absolute atomic E-state index is 0.329. The van der Waals surface area contributed by atoms with Crippen molar-refractivity contribution in [1.29, 1.82) is 0 Å². The van der Waals surface area contributed by atoms with Crippen molar-refractivity contribution in [3.63, 3.8) is 0 Å². The predicted molar refractivity (Wildman–Crippen MR) is 84.0 cm³/mol. The average molecular weight is 279 g/mol. The molecule has 1 aromatic rings. The van der Waals surface area contributed by atoms with Crippen LogP contribution in [0.3, 0.4) is 0 Å². The molecule has 2 N–H and O–H groups in total. The highest BCUT2D eigenvalue weighted by atomic mass is 16.5. The van der Waals surface area contributed by atoms with Crippen molar-refractivity contribution in [1.82, 2.24) is 0 Å². The second-order valence-corrected chi connectivity index (χ2v) is 5.23. The van der Waals surface area contributed by atoms with Gasteiger partial charge in [-0.05, 0) is 31.0 Å². The van der Waals surface area contributed by atoms with Gasteiger partial charge in [-0.25, -0.2) is 0 Å². The molecule has 0 heterocycles. The molecule has 0 amide bonds. The Morgan fingerprint density at radius 1 is 1.05 bits per heavy atom. The lowest BCUT2D eigenvalue weighted by molar-refractivity contribution is 0.0384. The van der Waals surface area contributed by atoms with Crippen molar-refractivity contribution in [3.8, 4) is 5.75 Å². The van der Waals surface area contributed by atoms with Crippen molar-refractivity contribution in [2.75, 3.05) is 13.2 Å². The number of rotatable bonds is 11. The number of unbranched alkanes of at least 4 members (excludes halogenated alkanes) is 3. The molecule has 1 rings (SSSR count). The first-order valence-corrected chi connectivity index (χ1v) is 7.79. The van der Waals surface area contributed by atoms with Crippen LogP contribution in [0.25, 0.3) is 0 Å². The van der Waals surface area contributed by atoms with E-state index in [4.69, 9.17) is 15.2 Å². The highest BCUT2D eigenvalue weighted by molar-refractivity contribution is 5.26. The van der Waals surface area contributed by atoms with Crippen LogP contribution in [0.15, 0.2) is 24.3 Å². The molecule has 1 unspecified atom stereocenters. The Morgan fingerprint density at radius 3 is 2.45 bits per heavy atom. The van der Waals surface area contributed by atoms with Gasteiger partial charge in [0.05, 0.1) is 12.7 Å². The summed E-state index contributed by atoms with van der Waals surface area (Å²) in [5, 5.41) is 0. The topological polar surface area (TPSA) is 44.5 Å². The Hall–Kier alpha value is -1.06. The summed E-state index contributed by atoms with van der Waals surface area (Å²) in [5.41, 5.74) is 6.67. The molecule has 0 bridgehead atoms. The molecule has 20 heavy (non-hydrogen) atoms. The molecule has 1 atom stereocenters. The number of hydrogen-bond donors (Lipinski definition) is 1. The first-order valence-electron chi connectivity index (χ1n) is 7.79. The maximum atomic E-state index is 5.74. The molecule has 1 aromatic carbocycles. The Bertz CT molecular complexity index is 337. The van der Waals surface area contributed by atoms with Crippen LogP contribution >= 0.6 is 0 Å². The molecule has 0 radical (unpaired) electrons. The van der Waals surface area contributed by atoms with Crippen LogP contribution in [0.2, 0.25) is 0 Å². The molecule has 0 aliphatic heterocycles. The van der Waals surface area contributed by atoms with Crippen molar-refractivity contribution in [2.45, 2.75) is 58.6 Å². The molecule has 114 valence electrons. The minimum Gasteiger partial charge on any atom is -0.491 e. The predicted octanol–water partition coefficient (Wildman–Crippen LogP) is 3.90. The number of nitrogens with two attached hydrogens (primary N) is 1. The summed E-state index contributed by atoms with van der Waals surface area (Å²) in [4.78, 5) is 0. The van der Waals surface area contributed by atoms with E-state index in [1.165, 1.54) is 25.7 Å². The van der Waals surface area contributed by atoms with E-state index in [-0.39, 0.29) is 0 Å². The first-order chi connectivity index (χ1) is 9.76. The standard InChI is InChI=1S/C17H29NO2/c1-3-4-5-6-7-15(2)19-12-13-20-17-10-8-16(14-18)9-11-17/h8-11,15H,3-7,12-14,18H2,1-2H3. The third-order valence-corrected chi connectivity index (χ3v) is 3.38. The molecule has 0 aliphatic rings. The summed E-state index contributed by atoms with van der Waals surface area (Å²) < 4.78 is 11.4. The van der Waals surface area contributed by atoms with E-state index >= 15 is 0 Å². The van der Waals surface area contributed by atoms with Gasteiger partial charge in [-0.1, -0.05) is 44.7 Å². The van der Waals surface area contributed by atoms with E-state index in [0.29, 0.717) is 25.9 Å². The third kappa shape index (κ3) is 7.51. The van der Waals surface area contributed by atoms with Crippen LogP contribution in [0, 0.1) is 0 Å². The second kappa shape index (κ2) is 10.7. The molecule has 0 fully saturated rings. The highest BCUT2D eigenvalue weighted by Gasteiger charge is 2.02. The summed E-state index contributed by atoms with van der Waals surface area (Å²) in [5.74, 6) is 0.876. The fourth-order valence-electron chi connectivity index (χ4n) is 2.07. The third-order valence-electron chi connectivity index (χ3n) is 3.38. The minimum atomic E-state index is 0.329. The van der Waals surface area contributed by atoms with Crippen molar-refractivity contribution in [2.24, 2.45) is 5.73 Å². The lowest BCUT2D eigenvalue weighted by Crippen LogP contribution is -2.14. The van der Waals surface area contributed by atoms with Gasteiger partial charge in [0.25, 0.3) is 0 Å². The molecule has 0 spiro atoms. The van der Waals surface area contributed by atoms with Crippen LogP contribution in [0.5, 0.6) is 5.75 Å². The van der Waals surface area contributed by atoms with Gasteiger partial charge in [-0.15, -0.1) is 0 Å². The lowest BCUT2D eigenvalue weighted by Gasteiger charge is -2.13. The first kappa shape index (κ1) is 17.0. The van der Waals surface area contributed by atoms with Gasteiger partial charge < -0.3 is 15.2 Å². The van der Waals surface area contributed by atoms with E-state index in [2.05, 4.69) is 13.8 Å². The highest BCUT2D eigenvalue weighted by Crippen LogP contribution is 2.12. The zero-order valence-corrected chi connectivity index (χ0v) is 12.9. The average Bonchev–Trinajstić information content (AvgIpc) is 2.49. The van der Waals surface area contributed by atoms with Crippen LogP contribution in [-0.4, -0.2) is 19.3 Å². The van der Waals surface area contributed by atoms with Crippen LogP contribution in [-0.2, 0) is 11.3 Å². The Kier molecular flexibility index (Phi) is 9.09. The van der Waals surface area contributed by atoms with Crippen LogP contribution < -0.4 is 10.5 Å². The smallest absolute Gasteiger partial charge is 0.119 e. The number of ether oxygens (including phenoxy) is 2. The maximum Gasteiger partial charge on any atom is 0.119 e. The quantitative estimate of drug-likeness (QED) is 0.625. The molecule has 3 heteroatoms. The van der Waals surface area contributed by atoms with Crippen molar-refractivity contribution in [3.05, 3.63) is 29.8 Å². The normalized spacial score (nSPS) is 12.3. The van der Waals surface area contributed by atoms with Crippen molar-refractivity contribution < 1.29 is 9.47 Å². The summed E-state index contributed by atoms with van der Waals surface area (Å²) in [6.45, 7) is 6.19.